The number of likely N-dealkylation sites (N-methyl/N-ethyl adjacent to an activating group) is 1. The number of likely N-dealkylation sites (tertiary alicyclic amines) is 1. The number of amides is 1. The van der Waals surface area contributed by atoms with Crippen molar-refractivity contribution in [1.29, 1.82) is 0 Å². The molecule has 0 radical (unpaired) electrons. The van der Waals surface area contributed by atoms with Crippen molar-refractivity contribution in [2.75, 3.05) is 40.9 Å². The number of nitrogens with zero attached hydrogens (tertiary/aromatic N) is 2. The molecule has 176 valence electrons. The number of methoxy groups -OCH3 is 1. The number of ketones is 1. The van der Waals surface area contributed by atoms with Gasteiger partial charge in [-0.15, -0.1) is 0 Å². The average Bonchev–Trinajstić information content (AvgIpc) is 3.06. The lowest BCUT2D eigenvalue weighted by Gasteiger charge is -2.27. The Kier molecular flexibility index (Phi) is 7.71. The highest BCUT2D eigenvalue weighted by Gasteiger charge is 2.46. The predicted molar refractivity (Wildman–Crippen MR) is 123 cm³/mol. The molecule has 2 aromatic rings. The number of ether oxygens (including phenoxy) is 2. The van der Waals surface area contributed by atoms with E-state index in [0.29, 0.717) is 30.2 Å². The summed E-state index contributed by atoms with van der Waals surface area (Å²) in [4.78, 5) is 29.4. The number of carbonyl (C=O) groups excluding carboxylic acids is 2. The highest BCUT2D eigenvalue weighted by Crippen LogP contribution is 2.41. The topological polar surface area (TPSA) is 79.3 Å². The second-order valence-corrected chi connectivity index (χ2v) is 8.06. The first-order chi connectivity index (χ1) is 15.8. The van der Waals surface area contributed by atoms with Gasteiger partial charge in [-0.3, -0.25) is 9.59 Å². The van der Waals surface area contributed by atoms with Gasteiger partial charge in [0, 0.05) is 18.7 Å². The lowest BCUT2D eigenvalue weighted by molar-refractivity contribution is -0.140. The van der Waals surface area contributed by atoms with Crippen LogP contribution in [0.1, 0.15) is 30.5 Å². The smallest absolute Gasteiger partial charge is 0.295 e. The van der Waals surface area contributed by atoms with Crippen molar-refractivity contribution in [3.8, 4) is 11.5 Å². The zero-order valence-corrected chi connectivity index (χ0v) is 19.3. The molecule has 0 spiro atoms. The van der Waals surface area contributed by atoms with E-state index in [2.05, 4.69) is 0 Å². The number of benzene rings is 2. The molecule has 0 bridgehead atoms. The SMILES string of the molecule is CCCOc1cc(C2/C(=C(/O)c3ccc(F)cc3)C(=O)C(=O)N2CCN(C)C)ccc1OC. The number of Topliss-reactive ketones (excluding diaryl/α,β-unsaturated/α-hetero) is 1. The zero-order valence-electron chi connectivity index (χ0n) is 19.3. The van der Waals surface area contributed by atoms with Gasteiger partial charge >= 0.3 is 0 Å². The van der Waals surface area contributed by atoms with Crippen molar-refractivity contribution in [1.82, 2.24) is 9.80 Å². The molecule has 0 aromatic heterocycles. The third-order valence-corrected chi connectivity index (χ3v) is 5.41. The summed E-state index contributed by atoms with van der Waals surface area (Å²) < 4.78 is 24.6. The molecule has 7 nitrogen and oxygen atoms in total. The van der Waals surface area contributed by atoms with Gasteiger partial charge in [0.25, 0.3) is 11.7 Å². The van der Waals surface area contributed by atoms with Crippen LogP contribution in [0.4, 0.5) is 4.39 Å². The standard InChI is InChI=1S/C25H29FN2O5/c1-5-14-33-20-15-17(8-11-19(20)32-4)22-21(23(29)16-6-9-18(26)10-7-16)24(30)25(31)28(22)13-12-27(2)3/h6-11,15,22,29H,5,12-14H2,1-4H3/b23-21-. The molecule has 1 aliphatic heterocycles. The maximum Gasteiger partial charge on any atom is 0.295 e. The first kappa shape index (κ1) is 24.3. The van der Waals surface area contributed by atoms with Crippen molar-refractivity contribution < 1.29 is 28.6 Å². The van der Waals surface area contributed by atoms with Crippen molar-refractivity contribution in [2.45, 2.75) is 19.4 Å². The summed E-state index contributed by atoms with van der Waals surface area (Å²) in [6, 6.07) is 9.49. The Labute approximate surface area is 193 Å². The van der Waals surface area contributed by atoms with Crippen LogP contribution in [0.2, 0.25) is 0 Å². The zero-order chi connectivity index (χ0) is 24.1. The van der Waals surface area contributed by atoms with Gasteiger partial charge in [-0.05, 0) is 62.5 Å². The van der Waals surface area contributed by atoms with Crippen LogP contribution in [-0.2, 0) is 9.59 Å². The van der Waals surface area contributed by atoms with E-state index in [-0.39, 0.29) is 23.4 Å². The van der Waals surface area contributed by atoms with E-state index in [1.54, 1.807) is 18.2 Å². The molecule has 1 amide bonds. The molecular formula is C25H29FN2O5. The molecule has 1 saturated heterocycles. The van der Waals surface area contributed by atoms with Crippen LogP contribution in [0.15, 0.2) is 48.0 Å². The summed E-state index contributed by atoms with van der Waals surface area (Å²) in [5.41, 5.74) is 0.809. The molecule has 3 rings (SSSR count). The van der Waals surface area contributed by atoms with Crippen LogP contribution in [0.3, 0.4) is 0 Å². The lowest BCUT2D eigenvalue weighted by Crippen LogP contribution is -2.35. The number of rotatable bonds is 9. The predicted octanol–water partition coefficient (Wildman–Crippen LogP) is 3.61. The van der Waals surface area contributed by atoms with Crippen LogP contribution >= 0.6 is 0 Å². The molecule has 0 saturated carbocycles. The Hall–Kier alpha value is -3.39. The number of aliphatic hydroxyl groups is 1. The van der Waals surface area contributed by atoms with Gasteiger partial charge in [0.15, 0.2) is 11.5 Å². The largest absolute Gasteiger partial charge is 0.507 e. The van der Waals surface area contributed by atoms with Gasteiger partial charge in [0.2, 0.25) is 0 Å². The molecule has 8 heteroatoms. The van der Waals surface area contributed by atoms with Gasteiger partial charge in [0.05, 0.1) is 25.3 Å². The molecule has 1 N–H and O–H groups in total. The normalized spacial score (nSPS) is 17.6. The highest BCUT2D eigenvalue weighted by molar-refractivity contribution is 6.46. The second kappa shape index (κ2) is 10.5. The Morgan fingerprint density at radius 3 is 2.42 bits per heavy atom. The maximum absolute atomic E-state index is 13.4. The summed E-state index contributed by atoms with van der Waals surface area (Å²) >= 11 is 0. The number of halogens is 1. The fourth-order valence-corrected chi connectivity index (χ4v) is 3.72. The summed E-state index contributed by atoms with van der Waals surface area (Å²) in [6.45, 7) is 3.25. The first-order valence-corrected chi connectivity index (χ1v) is 10.8. The Balaban J connectivity index is 2.16. The molecule has 2 aromatic carbocycles. The minimum absolute atomic E-state index is 0.0445. The molecule has 0 aliphatic carbocycles. The second-order valence-electron chi connectivity index (χ2n) is 8.06. The quantitative estimate of drug-likeness (QED) is 0.353. The van der Waals surface area contributed by atoms with E-state index in [1.165, 1.54) is 36.3 Å². The first-order valence-electron chi connectivity index (χ1n) is 10.8. The van der Waals surface area contributed by atoms with E-state index in [9.17, 15) is 19.1 Å². The fourth-order valence-electron chi connectivity index (χ4n) is 3.72. The van der Waals surface area contributed by atoms with Gasteiger partial charge in [-0.1, -0.05) is 13.0 Å². The van der Waals surface area contributed by atoms with E-state index in [0.717, 1.165) is 6.42 Å². The number of carbonyl (C=O) groups is 2. The van der Waals surface area contributed by atoms with E-state index < -0.39 is 23.5 Å². The highest BCUT2D eigenvalue weighted by atomic mass is 19.1. The third kappa shape index (κ3) is 5.17. The van der Waals surface area contributed by atoms with E-state index in [4.69, 9.17) is 9.47 Å². The maximum atomic E-state index is 13.4. The van der Waals surface area contributed by atoms with Crippen LogP contribution in [0.25, 0.3) is 5.76 Å². The molecule has 1 heterocycles. The Morgan fingerprint density at radius 2 is 1.82 bits per heavy atom. The van der Waals surface area contributed by atoms with E-state index in [1.807, 2.05) is 25.9 Å². The molecule has 1 aliphatic rings. The number of aliphatic hydroxyl groups excluding tert-OH is 1. The minimum atomic E-state index is -0.829. The van der Waals surface area contributed by atoms with Crippen LogP contribution < -0.4 is 9.47 Å². The average molecular weight is 457 g/mol. The third-order valence-electron chi connectivity index (χ3n) is 5.41. The van der Waals surface area contributed by atoms with Crippen molar-refractivity contribution >= 4 is 17.4 Å². The molecule has 1 fully saturated rings. The van der Waals surface area contributed by atoms with Crippen LogP contribution in [0.5, 0.6) is 11.5 Å². The molecular weight excluding hydrogens is 427 g/mol. The minimum Gasteiger partial charge on any atom is -0.507 e. The summed E-state index contributed by atoms with van der Waals surface area (Å²) in [7, 11) is 5.27. The van der Waals surface area contributed by atoms with Gasteiger partial charge in [-0.25, -0.2) is 4.39 Å². The van der Waals surface area contributed by atoms with Crippen LogP contribution in [-0.4, -0.2) is 67.5 Å². The monoisotopic (exact) mass is 456 g/mol. The van der Waals surface area contributed by atoms with Gasteiger partial charge in [0.1, 0.15) is 11.6 Å². The molecule has 33 heavy (non-hydrogen) atoms. The number of hydrogen-bond acceptors (Lipinski definition) is 6. The number of hydrogen-bond donors (Lipinski definition) is 1. The van der Waals surface area contributed by atoms with E-state index >= 15 is 0 Å². The molecule has 1 unspecified atom stereocenters. The Bertz CT molecular complexity index is 1050. The van der Waals surface area contributed by atoms with Crippen molar-refractivity contribution in [2.24, 2.45) is 0 Å². The fraction of sp³-hybridized carbons (Fsp3) is 0.360. The molecule has 1 atom stereocenters. The summed E-state index contributed by atoms with van der Waals surface area (Å²) in [5, 5.41) is 11.0. The summed E-state index contributed by atoms with van der Waals surface area (Å²) in [5.74, 6) is -1.29. The van der Waals surface area contributed by atoms with Crippen LogP contribution in [0, 0.1) is 5.82 Å². The Morgan fingerprint density at radius 1 is 1.12 bits per heavy atom. The van der Waals surface area contributed by atoms with Crippen molar-refractivity contribution in [3.63, 3.8) is 0 Å². The summed E-state index contributed by atoms with van der Waals surface area (Å²) in [6.07, 6.45) is 0.791. The lowest BCUT2D eigenvalue weighted by atomic mass is 9.95. The van der Waals surface area contributed by atoms with Gasteiger partial charge < -0.3 is 24.4 Å². The van der Waals surface area contributed by atoms with Crippen molar-refractivity contribution in [3.05, 3.63) is 65.0 Å². The van der Waals surface area contributed by atoms with Gasteiger partial charge in [-0.2, -0.15) is 0 Å².